The van der Waals surface area contributed by atoms with Gasteiger partial charge in [0.05, 0.1) is 5.56 Å². The maximum Gasteiger partial charge on any atom is 0.126 e. The van der Waals surface area contributed by atoms with Gasteiger partial charge in [0.1, 0.15) is 11.9 Å². The molecular formula is C21H25N5. The molecular weight excluding hydrogens is 322 g/mol. The lowest BCUT2D eigenvalue weighted by atomic mass is 10.1. The number of nitrogens with one attached hydrogen (secondary N) is 1. The summed E-state index contributed by atoms with van der Waals surface area (Å²) in [5.74, 6) is 1.78. The molecule has 0 radical (unpaired) electrons. The summed E-state index contributed by atoms with van der Waals surface area (Å²) in [6, 6.07) is 14.5. The van der Waals surface area contributed by atoms with Gasteiger partial charge in [-0.2, -0.15) is 5.26 Å². The van der Waals surface area contributed by atoms with Crippen molar-refractivity contribution in [1.82, 2.24) is 9.88 Å². The van der Waals surface area contributed by atoms with Crippen LogP contribution in [-0.2, 0) is 6.54 Å². The largest absolute Gasteiger partial charge is 0.369 e. The van der Waals surface area contributed by atoms with Gasteiger partial charge in [0.2, 0.25) is 0 Å². The van der Waals surface area contributed by atoms with Crippen LogP contribution >= 0.6 is 0 Å². The first-order valence-corrected chi connectivity index (χ1v) is 9.46. The molecule has 1 saturated carbocycles. The molecule has 2 heterocycles. The predicted molar refractivity (Wildman–Crippen MR) is 104 cm³/mol. The van der Waals surface area contributed by atoms with Crippen molar-refractivity contribution in [3.05, 3.63) is 53.7 Å². The van der Waals surface area contributed by atoms with E-state index in [-0.39, 0.29) is 0 Å². The second-order valence-corrected chi connectivity index (χ2v) is 7.29. The number of rotatable bonds is 6. The van der Waals surface area contributed by atoms with Gasteiger partial charge in [-0.1, -0.05) is 12.1 Å². The highest BCUT2D eigenvalue weighted by molar-refractivity contribution is 5.49. The highest BCUT2D eigenvalue weighted by atomic mass is 15.3. The average molecular weight is 347 g/mol. The van der Waals surface area contributed by atoms with E-state index in [9.17, 15) is 0 Å². The maximum absolute atomic E-state index is 8.81. The molecule has 26 heavy (non-hydrogen) atoms. The minimum atomic E-state index is 0.581. The van der Waals surface area contributed by atoms with Crippen molar-refractivity contribution in [3.8, 4) is 6.07 Å². The van der Waals surface area contributed by atoms with Crippen LogP contribution in [0.25, 0.3) is 0 Å². The zero-order chi connectivity index (χ0) is 17.8. The topological polar surface area (TPSA) is 55.2 Å². The van der Waals surface area contributed by atoms with E-state index in [0.29, 0.717) is 5.56 Å². The molecule has 2 aromatic rings. The number of hydrogen-bond donors (Lipinski definition) is 1. The third-order valence-electron chi connectivity index (χ3n) is 5.25. The van der Waals surface area contributed by atoms with Crippen LogP contribution in [-0.4, -0.2) is 42.6 Å². The molecule has 0 bridgehead atoms. The van der Waals surface area contributed by atoms with Crippen LogP contribution in [0.2, 0.25) is 0 Å². The predicted octanol–water partition coefficient (Wildman–Crippen LogP) is 3.10. The normalized spacial score (nSPS) is 17.7. The molecule has 5 nitrogen and oxygen atoms in total. The van der Waals surface area contributed by atoms with Crippen molar-refractivity contribution < 1.29 is 0 Å². The van der Waals surface area contributed by atoms with Gasteiger partial charge in [0.15, 0.2) is 0 Å². The van der Waals surface area contributed by atoms with Crippen LogP contribution in [0.15, 0.2) is 42.6 Å². The van der Waals surface area contributed by atoms with E-state index in [1.54, 1.807) is 12.3 Å². The lowest BCUT2D eigenvalue weighted by Gasteiger charge is -2.36. The van der Waals surface area contributed by atoms with Gasteiger partial charge in [0, 0.05) is 51.2 Å². The Labute approximate surface area is 155 Å². The molecule has 1 aromatic heterocycles. The first-order chi connectivity index (χ1) is 12.8. The third-order valence-corrected chi connectivity index (χ3v) is 5.25. The second-order valence-electron chi connectivity index (χ2n) is 7.29. The van der Waals surface area contributed by atoms with Crippen molar-refractivity contribution in [3.63, 3.8) is 0 Å². The van der Waals surface area contributed by atoms with Crippen LogP contribution in [0.3, 0.4) is 0 Å². The van der Waals surface area contributed by atoms with Gasteiger partial charge >= 0.3 is 0 Å². The summed E-state index contributed by atoms with van der Waals surface area (Å²) in [4.78, 5) is 9.35. The van der Waals surface area contributed by atoms with E-state index in [1.165, 1.54) is 43.7 Å². The molecule has 4 rings (SSSR count). The molecule has 1 aliphatic carbocycles. The molecule has 134 valence electrons. The maximum atomic E-state index is 8.81. The Hall–Kier alpha value is -2.58. The molecule has 1 N–H and O–H groups in total. The fourth-order valence-corrected chi connectivity index (χ4v) is 3.44. The summed E-state index contributed by atoms with van der Waals surface area (Å²) >= 11 is 0. The minimum absolute atomic E-state index is 0.581. The zero-order valence-corrected chi connectivity index (χ0v) is 15.1. The molecule has 0 atom stereocenters. The number of anilines is 2. The number of nitrogens with zero attached hydrogens (tertiary/aromatic N) is 4. The van der Waals surface area contributed by atoms with Crippen molar-refractivity contribution in [2.24, 2.45) is 5.92 Å². The number of benzene rings is 1. The highest BCUT2D eigenvalue weighted by Gasteiger charge is 2.26. The quantitative estimate of drug-likeness (QED) is 0.870. The standard InChI is InChI=1S/C21H25N5/c22-13-19-5-8-21(24-15-19)23-14-17-3-6-20(7-4-17)26-11-9-25(10-12-26)16-18-1-2-18/h3-8,15,18H,1-2,9-12,14,16H2,(H,23,24). The summed E-state index contributed by atoms with van der Waals surface area (Å²) in [5, 5.41) is 12.1. The fourth-order valence-electron chi connectivity index (χ4n) is 3.44. The number of pyridine rings is 1. The Morgan fingerprint density at radius 1 is 1.04 bits per heavy atom. The molecule has 1 aromatic carbocycles. The van der Waals surface area contributed by atoms with E-state index in [0.717, 1.165) is 31.4 Å². The van der Waals surface area contributed by atoms with E-state index in [1.807, 2.05) is 6.07 Å². The minimum Gasteiger partial charge on any atom is -0.369 e. The average Bonchev–Trinajstić information content (AvgIpc) is 3.52. The van der Waals surface area contributed by atoms with Gasteiger partial charge in [-0.15, -0.1) is 0 Å². The first-order valence-electron chi connectivity index (χ1n) is 9.46. The lowest BCUT2D eigenvalue weighted by Crippen LogP contribution is -2.47. The first kappa shape index (κ1) is 16.9. The van der Waals surface area contributed by atoms with Gasteiger partial charge in [-0.3, -0.25) is 4.90 Å². The monoisotopic (exact) mass is 347 g/mol. The van der Waals surface area contributed by atoms with Crippen molar-refractivity contribution in [1.29, 1.82) is 5.26 Å². The Bertz CT molecular complexity index is 750. The molecule has 5 heteroatoms. The summed E-state index contributed by atoms with van der Waals surface area (Å²) < 4.78 is 0. The van der Waals surface area contributed by atoms with Crippen molar-refractivity contribution in [2.75, 3.05) is 42.9 Å². The summed E-state index contributed by atoms with van der Waals surface area (Å²) in [7, 11) is 0. The number of hydrogen-bond acceptors (Lipinski definition) is 5. The zero-order valence-electron chi connectivity index (χ0n) is 15.1. The van der Waals surface area contributed by atoms with Gasteiger partial charge < -0.3 is 10.2 Å². The molecule has 2 fully saturated rings. The van der Waals surface area contributed by atoms with E-state index < -0.39 is 0 Å². The van der Waals surface area contributed by atoms with Crippen LogP contribution in [0.4, 0.5) is 11.5 Å². The summed E-state index contributed by atoms with van der Waals surface area (Å²) in [6.07, 6.45) is 4.47. The van der Waals surface area contributed by atoms with Gasteiger partial charge in [0.25, 0.3) is 0 Å². The second kappa shape index (κ2) is 7.76. The third kappa shape index (κ3) is 4.33. The molecule has 1 aliphatic heterocycles. The van der Waals surface area contributed by atoms with Crippen LogP contribution in [0, 0.1) is 17.2 Å². The Kier molecular flexibility index (Phi) is 5.03. The van der Waals surface area contributed by atoms with Gasteiger partial charge in [-0.05, 0) is 48.6 Å². The lowest BCUT2D eigenvalue weighted by molar-refractivity contribution is 0.248. The Morgan fingerprint density at radius 2 is 1.81 bits per heavy atom. The smallest absolute Gasteiger partial charge is 0.126 e. The molecule has 0 amide bonds. The van der Waals surface area contributed by atoms with Crippen LogP contribution in [0.1, 0.15) is 24.0 Å². The number of aromatic nitrogens is 1. The van der Waals surface area contributed by atoms with E-state index in [4.69, 9.17) is 5.26 Å². The summed E-state index contributed by atoms with van der Waals surface area (Å²) in [5.41, 5.74) is 3.13. The van der Waals surface area contributed by atoms with E-state index in [2.05, 4.69) is 50.4 Å². The Balaban J connectivity index is 1.27. The fraction of sp³-hybridized carbons (Fsp3) is 0.429. The number of nitriles is 1. The highest BCUT2D eigenvalue weighted by Crippen LogP contribution is 2.30. The molecule has 2 aliphatic rings. The van der Waals surface area contributed by atoms with Crippen molar-refractivity contribution in [2.45, 2.75) is 19.4 Å². The SMILES string of the molecule is N#Cc1ccc(NCc2ccc(N3CCN(CC4CC4)CC3)cc2)nc1. The van der Waals surface area contributed by atoms with Gasteiger partial charge in [-0.25, -0.2) is 4.98 Å². The van der Waals surface area contributed by atoms with Crippen molar-refractivity contribution >= 4 is 11.5 Å². The Morgan fingerprint density at radius 3 is 2.42 bits per heavy atom. The molecule has 0 unspecified atom stereocenters. The van der Waals surface area contributed by atoms with Crippen LogP contribution in [0.5, 0.6) is 0 Å². The molecule has 1 saturated heterocycles. The van der Waals surface area contributed by atoms with E-state index >= 15 is 0 Å². The molecule has 0 spiro atoms. The number of piperazine rings is 1. The van der Waals surface area contributed by atoms with Crippen LogP contribution < -0.4 is 10.2 Å². The summed E-state index contributed by atoms with van der Waals surface area (Å²) in [6.45, 7) is 6.66.